The minimum Gasteiger partial charge on any atom is -0.497 e. The van der Waals surface area contributed by atoms with E-state index in [0.29, 0.717) is 10.7 Å². The van der Waals surface area contributed by atoms with Gasteiger partial charge in [0.15, 0.2) is 0 Å². The zero-order valence-corrected chi connectivity index (χ0v) is 16.0. The van der Waals surface area contributed by atoms with E-state index in [-0.39, 0.29) is 12.3 Å². The maximum Gasteiger partial charge on any atom is 0.230 e. The van der Waals surface area contributed by atoms with E-state index in [1.807, 2.05) is 77.3 Å². The van der Waals surface area contributed by atoms with Crippen molar-refractivity contribution in [3.05, 3.63) is 83.6 Å². The number of rotatable bonds is 5. The number of hydrogen-bond donors (Lipinski definition) is 1. The summed E-state index contributed by atoms with van der Waals surface area (Å²) in [5, 5.41) is 3.59. The minimum absolute atomic E-state index is 0.119. The Morgan fingerprint density at radius 1 is 1.07 bits per heavy atom. The van der Waals surface area contributed by atoms with Crippen molar-refractivity contribution in [2.45, 2.75) is 6.42 Å². The molecule has 0 saturated heterocycles. The number of carbonyl (C=O) groups is 1. The first-order valence-electron chi connectivity index (χ1n) is 8.80. The largest absolute Gasteiger partial charge is 0.497 e. The molecule has 2 aromatic carbocycles. The molecule has 0 fully saturated rings. The normalized spacial score (nSPS) is 10.8. The molecule has 0 spiro atoms. The number of halogens is 1. The molecule has 28 heavy (non-hydrogen) atoms. The number of amides is 1. The van der Waals surface area contributed by atoms with Crippen molar-refractivity contribution in [2.24, 2.45) is 0 Å². The topological polar surface area (TPSA) is 55.6 Å². The highest BCUT2D eigenvalue weighted by Gasteiger charge is 2.17. The Morgan fingerprint density at radius 2 is 1.82 bits per heavy atom. The second kappa shape index (κ2) is 7.74. The number of aromatic nitrogens is 2. The molecule has 1 amide bonds. The number of pyridine rings is 1. The van der Waals surface area contributed by atoms with Crippen LogP contribution < -0.4 is 10.1 Å². The molecule has 140 valence electrons. The van der Waals surface area contributed by atoms with E-state index in [4.69, 9.17) is 21.3 Å². The van der Waals surface area contributed by atoms with Crippen LogP contribution in [0.3, 0.4) is 0 Å². The molecule has 4 aromatic rings. The monoisotopic (exact) mass is 391 g/mol. The lowest BCUT2D eigenvalue weighted by Crippen LogP contribution is -2.16. The Labute approximate surface area is 167 Å². The lowest BCUT2D eigenvalue weighted by atomic mass is 10.1. The van der Waals surface area contributed by atoms with Crippen molar-refractivity contribution in [3.8, 4) is 17.0 Å². The lowest BCUT2D eigenvalue weighted by Gasteiger charge is -2.08. The maximum atomic E-state index is 12.7. The average Bonchev–Trinajstić information content (AvgIpc) is 3.07. The predicted molar refractivity (Wildman–Crippen MR) is 111 cm³/mol. The molecule has 0 aliphatic heterocycles. The van der Waals surface area contributed by atoms with Crippen LogP contribution in [-0.4, -0.2) is 22.4 Å². The van der Waals surface area contributed by atoms with E-state index in [2.05, 4.69) is 5.32 Å². The SMILES string of the molecule is COc1ccc(NC(=O)Cc2c(-c3ccc(Cl)cc3)nc3ccccn23)cc1. The Hall–Kier alpha value is -3.31. The molecule has 4 rings (SSSR count). The summed E-state index contributed by atoms with van der Waals surface area (Å²) in [5.41, 5.74) is 4.02. The highest BCUT2D eigenvalue weighted by atomic mass is 35.5. The number of methoxy groups -OCH3 is 1. The van der Waals surface area contributed by atoms with Crippen LogP contribution in [0.2, 0.25) is 5.02 Å². The van der Waals surface area contributed by atoms with Crippen LogP contribution in [0.1, 0.15) is 5.69 Å². The van der Waals surface area contributed by atoms with Crippen molar-refractivity contribution in [1.82, 2.24) is 9.38 Å². The number of anilines is 1. The Bertz CT molecular complexity index is 1120. The number of nitrogens with zero attached hydrogens (tertiary/aromatic N) is 2. The van der Waals surface area contributed by atoms with E-state index in [9.17, 15) is 4.79 Å². The quantitative estimate of drug-likeness (QED) is 0.529. The number of carbonyl (C=O) groups excluding carboxylic acids is 1. The van der Waals surface area contributed by atoms with Gasteiger partial charge in [-0.05, 0) is 48.5 Å². The van der Waals surface area contributed by atoms with Gasteiger partial charge in [0.2, 0.25) is 5.91 Å². The molecule has 0 atom stereocenters. The van der Waals surface area contributed by atoms with Crippen molar-refractivity contribution >= 4 is 28.8 Å². The number of imidazole rings is 1. The molecule has 5 nitrogen and oxygen atoms in total. The number of hydrogen-bond acceptors (Lipinski definition) is 3. The van der Waals surface area contributed by atoms with Crippen LogP contribution in [0.5, 0.6) is 5.75 Å². The summed E-state index contributed by atoms with van der Waals surface area (Å²) < 4.78 is 7.09. The van der Waals surface area contributed by atoms with E-state index in [1.165, 1.54) is 0 Å². The number of ether oxygens (including phenoxy) is 1. The smallest absolute Gasteiger partial charge is 0.230 e. The molecule has 1 N–H and O–H groups in total. The average molecular weight is 392 g/mol. The molecular formula is C22H18ClN3O2. The van der Waals surface area contributed by atoms with Gasteiger partial charge in [0.05, 0.1) is 24.9 Å². The molecule has 0 aliphatic rings. The zero-order chi connectivity index (χ0) is 19.5. The summed E-state index contributed by atoms with van der Waals surface area (Å²) in [5.74, 6) is 0.621. The van der Waals surface area contributed by atoms with Crippen molar-refractivity contribution in [3.63, 3.8) is 0 Å². The molecule has 2 aromatic heterocycles. The molecule has 0 unspecified atom stereocenters. The molecule has 0 aliphatic carbocycles. The summed E-state index contributed by atoms with van der Waals surface area (Å²) in [6.07, 6.45) is 2.10. The summed E-state index contributed by atoms with van der Waals surface area (Å²) in [6, 6.07) is 20.5. The van der Waals surface area contributed by atoms with Crippen molar-refractivity contribution in [1.29, 1.82) is 0 Å². The Morgan fingerprint density at radius 3 is 2.54 bits per heavy atom. The van der Waals surface area contributed by atoms with E-state index >= 15 is 0 Å². The van der Waals surface area contributed by atoms with E-state index < -0.39 is 0 Å². The van der Waals surface area contributed by atoms with Gasteiger partial charge in [-0.2, -0.15) is 0 Å². The molecule has 2 heterocycles. The van der Waals surface area contributed by atoms with Crippen LogP contribution in [0, 0.1) is 0 Å². The molecular weight excluding hydrogens is 374 g/mol. The van der Waals surface area contributed by atoms with Gasteiger partial charge < -0.3 is 14.5 Å². The van der Waals surface area contributed by atoms with E-state index in [0.717, 1.165) is 28.3 Å². The van der Waals surface area contributed by atoms with Crippen LogP contribution in [0.25, 0.3) is 16.9 Å². The fourth-order valence-corrected chi connectivity index (χ4v) is 3.21. The van der Waals surface area contributed by atoms with Gasteiger partial charge in [-0.15, -0.1) is 0 Å². The lowest BCUT2D eigenvalue weighted by molar-refractivity contribution is -0.115. The zero-order valence-electron chi connectivity index (χ0n) is 15.2. The van der Waals surface area contributed by atoms with Crippen LogP contribution in [-0.2, 0) is 11.2 Å². The van der Waals surface area contributed by atoms with Gasteiger partial charge in [0.1, 0.15) is 11.4 Å². The highest BCUT2D eigenvalue weighted by Crippen LogP contribution is 2.26. The third-order valence-corrected chi connectivity index (χ3v) is 4.70. The van der Waals surface area contributed by atoms with Gasteiger partial charge in [0, 0.05) is 22.5 Å². The van der Waals surface area contributed by atoms with Gasteiger partial charge in [-0.1, -0.05) is 29.8 Å². The fraction of sp³-hybridized carbons (Fsp3) is 0.0909. The number of nitrogens with one attached hydrogen (secondary N) is 1. The third kappa shape index (κ3) is 3.70. The standard InChI is InChI=1S/C22H18ClN3O2/c1-28-18-11-9-17(10-12-18)24-21(27)14-19-22(15-5-7-16(23)8-6-15)25-20-4-2-3-13-26(19)20/h2-13H,14H2,1H3,(H,24,27). The summed E-state index contributed by atoms with van der Waals surface area (Å²) >= 11 is 6.02. The molecule has 0 bridgehead atoms. The first kappa shape index (κ1) is 18.1. The Kier molecular flexibility index (Phi) is 5.00. The van der Waals surface area contributed by atoms with Crippen LogP contribution in [0.4, 0.5) is 5.69 Å². The van der Waals surface area contributed by atoms with E-state index in [1.54, 1.807) is 7.11 Å². The predicted octanol–water partition coefficient (Wildman–Crippen LogP) is 4.84. The highest BCUT2D eigenvalue weighted by molar-refractivity contribution is 6.30. The van der Waals surface area contributed by atoms with Gasteiger partial charge in [0.25, 0.3) is 0 Å². The Balaban J connectivity index is 1.65. The molecule has 0 saturated carbocycles. The minimum atomic E-state index is -0.119. The maximum absolute atomic E-state index is 12.7. The summed E-state index contributed by atoms with van der Waals surface area (Å²) in [7, 11) is 1.61. The molecule has 0 radical (unpaired) electrons. The third-order valence-electron chi connectivity index (χ3n) is 4.45. The van der Waals surface area contributed by atoms with Gasteiger partial charge in [-0.3, -0.25) is 4.79 Å². The van der Waals surface area contributed by atoms with Crippen molar-refractivity contribution in [2.75, 3.05) is 12.4 Å². The fourth-order valence-electron chi connectivity index (χ4n) is 3.09. The van der Waals surface area contributed by atoms with Gasteiger partial charge in [-0.25, -0.2) is 4.98 Å². The summed E-state index contributed by atoms with van der Waals surface area (Å²) in [4.78, 5) is 17.4. The van der Waals surface area contributed by atoms with Crippen molar-refractivity contribution < 1.29 is 9.53 Å². The number of fused-ring (bicyclic) bond motifs is 1. The van der Waals surface area contributed by atoms with Gasteiger partial charge >= 0.3 is 0 Å². The second-order valence-electron chi connectivity index (χ2n) is 6.30. The second-order valence-corrected chi connectivity index (χ2v) is 6.73. The van der Waals surface area contributed by atoms with Crippen LogP contribution in [0.15, 0.2) is 72.9 Å². The number of benzene rings is 2. The van der Waals surface area contributed by atoms with Crippen LogP contribution >= 0.6 is 11.6 Å². The first-order valence-corrected chi connectivity index (χ1v) is 9.17. The summed E-state index contributed by atoms with van der Waals surface area (Å²) in [6.45, 7) is 0. The first-order chi connectivity index (χ1) is 13.6. The molecule has 6 heteroatoms.